The van der Waals surface area contributed by atoms with Gasteiger partial charge in [-0.05, 0) is 36.4 Å². The van der Waals surface area contributed by atoms with Gasteiger partial charge < -0.3 is 15.4 Å². The Hall–Kier alpha value is -3.26. The van der Waals surface area contributed by atoms with Crippen LogP contribution in [-0.4, -0.2) is 24.0 Å². The molecule has 2 aromatic carbocycles. The summed E-state index contributed by atoms with van der Waals surface area (Å²) in [5.74, 6) is -1.14. The van der Waals surface area contributed by atoms with Gasteiger partial charge in [-0.1, -0.05) is 12.1 Å². The SMILES string of the molecule is COC(=O)c1ccccc1NC(=O)Cc1csc(Nc2ccc(F)cc2)n1. The molecule has 0 aliphatic heterocycles. The van der Waals surface area contributed by atoms with Crippen LogP contribution in [0.25, 0.3) is 0 Å². The zero-order valence-corrected chi connectivity index (χ0v) is 15.2. The Labute approximate surface area is 159 Å². The number of ether oxygens (including phenoxy) is 1. The molecule has 6 nitrogen and oxygen atoms in total. The first kappa shape index (κ1) is 18.5. The lowest BCUT2D eigenvalue weighted by atomic mass is 10.1. The summed E-state index contributed by atoms with van der Waals surface area (Å²) in [5, 5.41) is 8.11. The van der Waals surface area contributed by atoms with E-state index in [4.69, 9.17) is 4.74 Å². The van der Waals surface area contributed by atoms with Gasteiger partial charge in [0.15, 0.2) is 5.13 Å². The number of methoxy groups -OCH3 is 1. The van der Waals surface area contributed by atoms with Crippen LogP contribution in [0.5, 0.6) is 0 Å². The minimum atomic E-state index is -0.523. The number of aromatic nitrogens is 1. The number of nitrogens with one attached hydrogen (secondary N) is 2. The number of nitrogens with zero attached hydrogens (tertiary/aromatic N) is 1. The molecule has 0 saturated carbocycles. The summed E-state index contributed by atoms with van der Waals surface area (Å²) >= 11 is 1.34. The average molecular weight is 385 g/mol. The molecule has 3 aromatic rings. The lowest BCUT2D eigenvalue weighted by Crippen LogP contribution is -2.17. The maximum absolute atomic E-state index is 12.9. The number of thiazole rings is 1. The van der Waals surface area contributed by atoms with Gasteiger partial charge in [0.25, 0.3) is 0 Å². The Morgan fingerprint density at radius 3 is 2.63 bits per heavy atom. The van der Waals surface area contributed by atoms with Gasteiger partial charge in [-0.2, -0.15) is 0 Å². The van der Waals surface area contributed by atoms with E-state index < -0.39 is 5.97 Å². The number of halogens is 1. The summed E-state index contributed by atoms with van der Waals surface area (Å²) in [5.41, 5.74) is 1.95. The highest BCUT2D eigenvalue weighted by Crippen LogP contribution is 2.22. The molecule has 1 amide bonds. The second-order valence-electron chi connectivity index (χ2n) is 5.54. The molecule has 0 fully saturated rings. The van der Waals surface area contributed by atoms with Gasteiger partial charge >= 0.3 is 5.97 Å². The average Bonchev–Trinajstić information content (AvgIpc) is 3.10. The quantitative estimate of drug-likeness (QED) is 0.627. The van der Waals surface area contributed by atoms with E-state index in [1.807, 2.05) is 0 Å². The lowest BCUT2D eigenvalue weighted by Gasteiger charge is -2.08. The Bertz CT molecular complexity index is 957. The number of para-hydroxylation sites is 1. The van der Waals surface area contributed by atoms with Gasteiger partial charge in [0.2, 0.25) is 5.91 Å². The Balaban J connectivity index is 1.63. The standard InChI is InChI=1S/C19H16FN3O3S/c1-26-18(25)15-4-2-3-5-16(15)23-17(24)10-14-11-27-19(22-14)21-13-8-6-12(20)7-9-13/h2-9,11H,10H2,1H3,(H,21,22)(H,23,24). The predicted molar refractivity (Wildman–Crippen MR) is 102 cm³/mol. The topological polar surface area (TPSA) is 80.3 Å². The number of rotatable bonds is 6. The van der Waals surface area contributed by atoms with Crippen LogP contribution in [-0.2, 0) is 16.0 Å². The van der Waals surface area contributed by atoms with Crippen LogP contribution in [0.4, 0.5) is 20.9 Å². The molecule has 8 heteroatoms. The fourth-order valence-electron chi connectivity index (χ4n) is 2.34. The van der Waals surface area contributed by atoms with Crippen LogP contribution >= 0.6 is 11.3 Å². The third-order valence-corrected chi connectivity index (χ3v) is 4.40. The molecule has 0 atom stereocenters. The molecule has 0 radical (unpaired) electrons. The van der Waals surface area contributed by atoms with Crippen molar-refractivity contribution in [3.63, 3.8) is 0 Å². The number of carbonyl (C=O) groups excluding carboxylic acids is 2. The van der Waals surface area contributed by atoms with Crippen molar-refractivity contribution in [2.45, 2.75) is 6.42 Å². The molecular weight excluding hydrogens is 369 g/mol. The van der Waals surface area contributed by atoms with Crippen LogP contribution in [0.2, 0.25) is 0 Å². The van der Waals surface area contributed by atoms with Crippen molar-refractivity contribution in [2.75, 3.05) is 17.7 Å². The Kier molecular flexibility index (Phi) is 5.77. The van der Waals surface area contributed by atoms with Gasteiger partial charge in [0, 0.05) is 11.1 Å². The van der Waals surface area contributed by atoms with Crippen molar-refractivity contribution in [2.24, 2.45) is 0 Å². The summed E-state index contributed by atoms with van der Waals surface area (Å²) < 4.78 is 17.7. The number of hydrogen-bond acceptors (Lipinski definition) is 6. The largest absolute Gasteiger partial charge is 0.465 e. The molecule has 0 aliphatic rings. The first-order valence-electron chi connectivity index (χ1n) is 7.99. The van der Waals surface area contributed by atoms with Gasteiger partial charge in [-0.25, -0.2) is 14.2 Å². The van der Waals surface area contributed by atoms with E-state index in [1.165, 1.54) is 30.6 Å². The van der Waals surface area contributed by atoms with Crippen molar-refractivity contribution < 1.29 is 18.7 Å². The maximum atomic E-state index is 12.9. The highest BCUT2D eigenvalue weighted by Gasteiger charge is 2.14. The molecular formula is C19H16FN3O3S. The Morgan fingerprint density at radius 1 is 1.15 bits per heavy atom. The summed E-state index contributed by atoms with van der Waals surface area (Å²) in [6.07, 6.45) is 0.0527. The summed E-state index contributed by atoms with van der Waals surface area (Å²) in [6.45, 7) is 0. The molecule has 1 aromatic heterocycles. The van der Waals surface area contributed by atoms with Gasteiger partial charge in [-0.3, -0.25) is 4.79 Å². The van der Waals surface area contributed by atoms with E-state index in [0.717, 1.165) is 0 Å². The Morgan fingerprint density at radius 2 is 1.89 bits per heavy atom. The van der Waals surface area contributed by atoms with Crippen LogP contribution < -0.4 is 10.6 Å². The highest BCUT2D eigenvalue weighted by atomic mass is 32.1. The molecule has 0 aliphatic carbocycles. The van der Waals surface area contributed by atoms with E-state index in [2.05, 4.69) is 15.6 Å². The second-order valence-corrected chi connectivity index (χ2v) is 6.40. The second kappa shape index (κ2) is 8.41. The van der Waals surface area contributed by atoms with E-state index in [9.17, 15) is 14.0 Å². The number of esters is 1. The first-order chi connectivity index (χ1) is 13.0. The van der Waals surface area contributed by atoms with Gasteiger partial charge in [0.1, 0.15) is 5.82 Å². The van der Waals surface area contributed by atoms with E-state index in [1.54, 1.807) is 41.8 Å². The molecule has 27 heavy (non-hydrogen) atoms. The minimum Gasteiger partial charge on any atom is -0.465 e. The highest BCUT2D eigenvalue weighted by molar-refractivity contribution is 7.13. The molecule has 0 spiro atoms. The number of anilines is 3. The normalized spacial score (nSPS) is 10.3. The fourth-order valence-corrected chi connectivity index (χ4v) is 3.07. The van der Waals surface area contributed by atoms with Crippen LogP contribution in [0.3, 0.4) is 0 Å². The lowest BCUT2D eigenvalue weighted by molar-refractivity contribution is -0.115. The molecule has 1 heterocycles. The van der Waals surface area contributed by atoms with Crippen LogP contribution in [0.1, 0.15) is 16.1 Å². The molecule has 138 valence electrons. The first-order valence-corrected chi connectivity index (χ1v) is 8.87. The molecule has 0 saturated heterocycles. The third kappa shape index (κ3) is 4.89. The zero-order valence-electron chi connectivity index (χ0n) is 14.4. The molecule has 0 bridgehead atoms. The maximum Gasteiger partial charge on any atom is 0.339 e. The van der Waals surface area contributed by atoms with Crippen LogP contribution in [0.15, 0.2) is 53.9 Å². The summed E-state index contributed by atoms with van der Waals surface area (Å²) in [7, 11) is 1.28. The van der Waals surface area contributed by atoms with Crippen molar-refractivity contribution in [1.29, 1.82) is 0 Å². The van der Waals surface area contributed by atoms with Crippen molar-refractivity contribution in [1.82, 2.24) is 4.98 Å². The summed E-state index contributed by atoms with van der Waals surface area (Å²) in [4.78, 5) is 28.4. The van der Waals surface area contributed by atoms with E-state index in [-0.39, 0.29) is 23.7 Å². The zero-order chi connectivity index (χ0) is 19.2. The smallest absolute Gasteiger partial charge is 0.339 e. The van der Waals surface area contributed by atoms with Gasteiger partial charge in [-0.15, -0.1) is 11.3 Å². The predicted octanol–water partition coefficient (Wildman–Crippen LogP) is 3.99. The van der Waals surface area contributed by atoms with E-state index >= 15 is 0 Å². The number of amides is 1. The molecule has 3 rings (SSSR count). The van der Waals surface area contributed by atoms with Crippen LogP contribution in [0, 0.1) is 5.82 Å². The third-order valence-electron chi connectivity index (χ3n) is 3.60. The van der Waals surface area contributed by atoms with Gasteiger partial charge in [0.05, 0.1) is 30.5 Å². The number of benzene rings is 2. The number of carbonyl (C=O) groups is 2. The van der Waals surface area contributed by atoms with E-state index in [0.29, 0.717) is 22.2 Å². The monoisotopic (exact) mass is 385 g/mol. The molecule has 2 N–H and O–H groups in total. The van der Waals surface area contributed by atoms with Crippen molar-refractivity contribution >= 4 is 39.7 Å². The van der Waals surface area contributed by atoms with Crippen molar-refractivity contribution in [3.8, 4) is 0 Å². The minimum absolute atomic E-state index is 0.0527. The number of hydrogen-bond donors (Lipinski definition) is 2. The van der Waals surface area contributed by atoms with Crippen molar-refractivity contribution in [3.05, 3.63) is 71.0 Å². The molecule has 0 unspecified atom stereocenters. The summed E-state index contributed by atoms with van der Waals surface area (Å²) in [6, 6.07) is 12.5. The fraction of sp³-hybridized carbons (Fsp3) is 0.105.